The van der Waals surface area contributed by atoms with Crippen LogP contribution in [0.4, 0.5) is 5.82 Å². The molecular formula is C22H35N5O2. The van der Waals surface area contributed by atoms with E-state index in [1.54, 1.807) is 6.20 Å². The first kappa shape index (κ1) is 20.4. The number of piperidine rings is 1. The maximum Gasteiger partial charge on any atom is 0.239 e. The summed E-state index contributed by atoms with van der Waals surface area (Å²) >= 11 is 0. The van der Waals surface area contributed by atoms with Gasteiger partial charge >= 0.3 is 0 Å². The molecule has 2 saturated heterocycles. The monoisotopic (exact) mass is 401 g/mol. The highest BCUT2D eigenvalue weighted by atomic mass is 16.2. The lowest BCUT2D eigenvalue weighted by Gasteiger charge is -2.33. The lowest BCUT2D eigenvalue weighted by atomic mass is 9.95. The Kier molecular flexibility index (Phi) is 6.85. The van der Waals surface area contributed by atoms with Gasteiger partial charge in [-0.25, -0.2) is 4.68 Å². The molecule has 2 amide bonds. The summed E-state index contributed by atoms with van der Waals surface area (Å²) in [6.07, 6.45) is 13.0. The average Bonchev–Trinajstić information content (AvgIpc) is 3.34. The van der Waals surface area contributed by atoms with Gasteiger partial charge in [-0.05, 0) is 51.6 Å². The summed E-state index contributed by atoms with van der Waals surface area (Å²) < 4.78 is 1.98. The smallest absolute Gasteiger partial charge is 0.239 e. The largest absolute Gasteiger partial charge is 0.342 e. The molecule has 2 aliphatic heterocycles. The Labute approximate surface area is 173 Å². The first-order valence-corrected chi connectivity index (χ1v) is 11.6. The molecule has 1 aromatic rings. The second kappa shape index (κ2) is 9.74. The Morgan fingerprint density at radius 2 is 1.62 bits per heavy atom. The van der Waals surface area contributed by atoms with Gasteiger partial charge in [0.1, 0.15) is 5.82 Å². The molecule has 0 radical (unpaired) electrons. The van der Waals surface area contributed by atoms with Crippen LogP contribution >= 0.6 is 0 Å². The van der Waals surface area contributed by atoms with Gasteiger partial charge < -0.3 is 10.2 Å². The van der Waals surface area contributed by atoms with E-state index < -0.39 is 0 Å². The summed E-state index contributed by atoms with van der Waals surface area (Å²) in [4.78, 5) is 29.7. The van der Waals surface area contributed by atoms with Crippen molar-refractivity contribution in [2.45, 2.75) is 70.3 Å². The number of anilines is 1. The standard InChI is InChI=1S/C22H35N5O2/c28-21(24-20-9-12-23-27(20)19-7-3-4-8-19)17-25-15-10-18(11-16-25)22(29)26-13-5-1-2-6-14-26/h9,12,18-19H,1-8,10-11,13-17H2,(H,24,28). The number of rotatable bonds is 5. The lowest BCUT2D eigenvalue weighted by Crippen LogP contribution is -2.44. The third-order valence-electron chi connectivity index (χ3n) is 6.83. The summed E-state index contributed by atoms with van der Waals surface area (Å²) in [5, 5.41) is 7.48. The number of amides is 2. The third-order valence-corrected chi connectivity index (χ3v) is 6.83. The van der Waals surface area contributed by atoms with Crippen LogP contribution in [0.3, 0.4) is 0 Å². The molecule has 1 N–H and O–H groups in total. The van der Waals surface area contributed by atoms with Crippen LogP contribution in [0, 0.1) is 5.92 Å². The fraction of sp³-hybridized carbons (Fsp3) is 0.773. The van der Waals surface area contributed by atoms with Gasteiger partial charge in [0.2, 0.25) is 11.8 Å². The van der Waals surface area contributed by atoms with Gasteiger partial charge in [-0.15, -0.1) is 0 Å². The predicted octanol–water partition coefficient (Wildman–Crippen LogP) is 3.05. The van der Waals surface area contributed by atoms with E-state index >= 15 is 0 Å². The average molecular weight is 402 g/mol. The highest BCUT2D eigenvalue weighted by Crippen LogP contribution is 2.31. The molecule has 29 heavy (non-hydrogen) atoms. The lowest BCUT2D eigenvalue weighted by molar-refractivity contribution is -0.137. The van der Waals surface area contributed by atoms with E-state index in [0.717, 1.165) is 70.5 Å². The van der Waals surface area contributed by atoms with Crippen molar-refractivity contribution in [3.63, 3.8) is 0 Å². The molecule has 7 nitrogen and oxygen atoms in total. The minimum absolute atomic E-state index is 0.0158. The molecule has 3 aliphatic rings. The molecule has 0 unspecified atom stereocenters. The zero-order valence-electron chi connectivity index (χ0n) is 17.5. The Hall–Kier alpha value is -1.89. The molecule has 0 aromatic carbocycles. The van der Waals surface area contributed by atoms with Gasteiger partial charge in [0.25, 0.3) is 0 Å². The van der Waals surface area contributed by atoms with Crippen molar-refractivity contribution in [3.05, 3.63) is 12.3 Å². The Morgan fingerprint density at radius 3 is 2.31 bits per heavy atom. The molecule has 0 atom stereocenters. The zero-order valence-corrected chi connectivity index (χ0v) is 17.5. The SMILES string of the molecule is O=C(CN1CCC(C(=O)N2CCCCCC2)CC1)Nc1ccnn1C1CCCC1. The number of hydrogen-bond donors (Lipinski definition) is 1. The highest BCUT2D eigenvalue weighted by molar-refractivity contribution is 5.91. The number of nitrogens with zero attached hydrogens (tertiary/aromatic N) is 4. The summed E-state index contributed by atoms with van der Waals surface area (Å²) in [6.45, 7) is 3.88. The van der Waals surface area contributed by atoms with Crippen LogP contribution in [0.15, 0.2) is 12.3 Å². The molecule has 4 rings (SSSR count). The van der Waals surface area contributed by atoms with Crippen LogP contribution in [-0.2, 0) is 9.59 Å². The summed E-state index contributed by atoms with van der Waals surface area (Å²) in [7, 11) is 0. The second-order valence-corrected chi connectivity index (χ2v) is 8.94. The zero-order chi connectivity index (χ0) is 20.1. The van der Waals surface area contributed by atoms with Crippen molar-refractivity contribution < 1.29 is 9.59 Å². The van der Waals surface area contributed by atoms with Crippen LogP contribution in [0.2, 0.25) is 0 Å². The van der Waals surface area contributed by atoms with Crippen LogP contribution < -0.4 is 5.32 Å². The fourth-order valence-corrected chi connectivity index (χ4v) is 5.13. The Balaban J connectivity index is 1.23. The quantitative estimate of drug-likeness (QED) is 0.823. The molecule has 7 heteroatoms. The number of aromatic nitrogens is 2. The predicted molar refractivity (Wildman–Crippen MR) is 113 cm³/mol. The van der Waals surface area contributed by atoms with Crippen molar-refractivity contribution in [1.29, 1.82) is 0 Å². The summed E-state index contributed by atoms with van der Waals surface area (Å²) in [6, 6.07) is 2.31. The van der Waals surface area contributed by atoms with Crippen molar-refractivity contribution >= 4 is 17.6 Å². The minimum Gasteiger partial charge on any atom is -0.342 e. The van der Waals surface area contributed by atoms with E-state index in [2.05, 4.69) is 20.2 Å². The van der Waals surface area contributed by atoms with Crippen LogP contribution in [0.1, 0.15) is 70.3 Å². The maximum atomic E-state index is 12.8. The Bertz CT molecular complexity index is 681. The maximum absolute atomic E-state index is 12.8. The van der Waals surface area contributed by atoms with E-state index in [1.165, 1.54) is 25.7 Å². The third kappa shape index (κ3) is 5.18. The topological polar surface area (TPSA) is 70.5 Å². The van der Waals surface area contributed by atoms with Crippen molar-refractivity contribution in [3.8, 4) is 0 Å². The van der Waals surface area contributed by atoms with E-state index in [-0.39, 0.29) is 11.8 Å². The van der Waals surface area contributed by atoms with Gasteiger partial charge in [0.05, 0.1) is 18.8 Å². The number of carbonyl (C=O) groups excluding carboxylic acids is 2. The molecule has 1 aliphatic carbocycles. The molecule has 1 saturated carbocycles. The van der Waals surface area contributed by atoms with E-state index in [4.69, 9.17) is 0 Å². The number of carbonyl (C=O) groups is 2. The summed E-state index contributed by atoms with van der Waals surface area (Å²) in [5.41, 5.74) is 0. The molecule has 3 heterocycles. The van der Waals surface area contributed by atoms with E-state index in [1.807, 2.05) is 10.7 Å². The highest BCUT2D eigenvalue weighted by Gasteiger charge is 2.29. The van der Waals surface area contributed by atoms with Crippen molar-refractivity contribution in [2.75, 3.05) is 38.0 Å². The number of nitrogens with one attached hydrogen (secondary N) is 1. The van der Waals surface area contributed by atoms with E-state index in [0.29, 0.717) is 18.5 Å². The summed E-state index contributed by atoms with van der Waals surface area (Å²) in [5.74, 6) is 1.31. The van der Waals surface area contributed by atoms with Gasteiger partial charge in [0.15, 0.2) is 0 Å². The first-order chi connectivity index (χ1) is 14.2. The van der Waals surface area contributed by atoms with Crippen LogP contribution in [-0.4, -0.2) is 64.1 Å². The number of likely N-dealkylation sites (tertiary alicyclic amines) is 2. The van der Waals surface area contributed by atoms with E-state index in [9.17, 15) is 9.59 Å². The van der Waals surface area contributed by atoms with Crippen molar-refractivity contribution in [1.82, 2.24) is 19.6 Å². The molecule has 0 bridgehead atoms. The van der Waals surface area contributed by atoms with Gasteiger partial charge in [-0.3, -0.25) is 14.5 Å². The van der Waals surface area contributed by atoms with Crippen LogP contribution in [0.5, 0.6) is 0 Å². The van der Waals surface area contributed by atoms with Gasteiger partial charge in [-0.2, -0.15) is 5.10 Å². The molecule has 3 fully saturated rings. The second-order valence-electron chi connectivity index (χ2n) is 8.94. The first-order valence-electron chi connectivity index (χ1n) is 11.6. The normalized spacial score (nSPS) is 22.6. The Morgan fingerprint density at radius 1 is 0.931 bits per heavy atom. The van der Waals surface area contributed by atoms with Crippen LogP contribution in [0.25, 0.3) is 0 Å². The van der Waals surface area contributed by atoms with Gasteiger partial charge in [0, 0.05) is 25.1 Å². The molecular weight excluding hydrogens is 366 g/mol. The van der Waals surface area contributed by atoms with Crippen molar-refractivity contribution in [2.24, 2.45) is 5.92 Å². The van der Waals surface area contributed by atoms with Gasteiger partial charge in [-0.1, -0.05) is 25.7 Å². The molecule has 0 spiro atoms. The minimum atomic E-state index is 0.0158. The fourth-order valence-electron chi connectivity index (χ4n) is 5.13. The number of hydrogen-bond acceptors (Lipinski definition) is 4. The molecule has 1 aromatic heterocycles. The molecule has 160 valence electrons.